The minimum absolute atomic E-state index is 0.126. The first-order chi connectivity index (χ1) is 10.5. The summed E-state index contributed by atoms with van der Waals surface area (Å²) in [5.74, 6) is -0.351. The van der Waals surface area contributed by atoms with E-state index >= 15 is 0 Å². The van der Waals surface area contributed by atoms with Crippen LogP contribution in [0.15, 0.2) is 43.9 Å². The van der Waals surface area contributed by atoms with Crippen molar-refractivity contribution in [3.05, 3.63) is 50.8 Å². The molecule has 0 unspecified atom stereocenters. The van der Waals surface area contributed by atoms with Crippen LogP contribution in [0.1, 0.15) is 16.1 Å². The standard InChI is InChI=1S/C14H12Br2N2O4/c1-8-6-11(16)22-13(8)14(20)18-17-12(19)7-21-10-4-2-9(15)3-5-10/h2-6H,7H2,1H3,(H,17,19)(H,18,20). The van der Waals surface area contributed by atoms with E-state index in [0.717, 1.165) is 4.47 Å². The zero-order chi connectivity index (χ0) is 16.1. The van der Waals surface area contributed by atoms with Gasteiger partial charge in [-0.05, 0) is 53.2 Å². The highest BCUT2D eigenvalue weighted by Crippen LogP contribution is 2.19. The van der Waals surface area contributed by atoms with Crippen LogP contribution in [0.3, 0.4) is 0 Å². The molecule has 0 bridgehead atoms. The maximum absolute atomic E-state index is 11.8. The van der Waals surface area contributed by atoms with E-state index < -0.39 is 11.8 Å². The Morgan fingerprint density at radius 2 is 1.86 bits per heavy atom. The summed E-state index contributed by atoms with van der Waals surface area (Å²) in [5.41, 5.74) is 5.17. The van der Waals surface area contributed by atoms with Crippen molar-refractivity contribution in [3.63, 3.8) is 0 Å². The van der Waals surface area contributed by atoms with Gasteiger partial charge in [-0.3, -0.25) is 20.4 Å². The second-order valence-corrected chi connectivity index (χ2v) is 6.00. The van der Waals surface area contributed by atoms with Crippen LogP contribution in [-0.2, 0) is 4.79 Å². The molecule has 1 aromatic heterocycles. The maximum Gasteiger partial charge on any atom is 0.305 e. The van der Waals surface area contributed by atoms with Gasteiger partial charge in [0, 0.05) is 10.0 Å². The number of rotatable bonds is 4. The van der Waals surface area contributed by atoms with Crippen molar-refractivity contribution in [2.24, 2.45) is 0 Å². The lowest BCUT2D eigenvalue weighted by Gasteiger charge is -2.08. The minimum Gasteiger partial charge on any atom is -0.484 e. The highest BCUT2D eigenvalue weighted by molar-refractivity contribution is 9.10. The summed E-state index contributed by atoms with van der Waals surface area (Å²) < 4.78 is 11.8. The van der Waals surface area contributed by atoms with Gasteiger partial charge in [-0.2, -0.15) is 0 Å². The largest absolute Gasteiger partial charge is 0.484 e. The van der Waals surface area contributed by atoms with Gasteiger partial charge in [-0.25, -0.2) is 0 Å². The van der Waals surface area contributed by atoms with Gasteiger partial charge in [-0.15, -0.1) is 0 Å². The van der Waals surface area contributed by atoms with E-state index in [2.05, 4.69) is 42.7 Å². The molecule has 2 rings (SSSR count). The van der Waals surface area contributed by atoms with Crippen LogP contribution in [0.2, 0.25) is 0 Å². The molecule has 8 heteroatoms. The molecule has 2 N–H and O–H groups in total. The van der Waals surface area contributed by atoms with Gasteiger partial charge in [-0.1, -0.05) is 15.9 Å². The number of ether oxygens (including phenoxy) is 1. The minimum atomic E-state index is -0.541. The number of nitrogens with one attached hydrogen (secondary N) is 2. The van der Waals surface area contributed by atoms with E-state index in [0.29, 0.717) is 16.0 Å². The Hall–Kier alpha value is -1.80. The summed E-state index contributed by atoms with van der Waals surface area (Å²) in [6.07, 6.45) is 0. The lowest BCUT2D eigenvalue weighted by molar-refractivity contribution is -0.123. The first-order valence-corrected chi connectivity index (χ1v) is 7.78. The maximum atomic E-state index is 11.8. The number of halogens is 2. The smallest absolute Gasteiger partial charge is 0.305 e. The summed E-state index contributed by atoms with van der Waals surface area (Å²) in [4.78, 5) is 23.4. The van der Waals surface area contributed by atoms with Crippen molar-refractivity contribution in [2.75, 3.05) is 6.61 Å². The summed E-state index contributed by atoms with van der Waals surface area (Å²) in [6.45, 7) is 1.50. The molecule has 116 valence electrons. The van der Waals surface area contributed by atoms with Crippen LogP contribution in [0, 0.1) is 6.92 Å². The summed E-state index contributed by atoms with van der Waals surface area (Å²) >= 11 is 6.43. The van der Waals surface area contributed by atoms with Crippen LogP contribution in [0.25, 0.3) is 0 Å². The second kappa shape index (κ2) is 7.46. The van der Waals surface area contributed by atoms with Gasteiger partial charge in [0.05, 0.1) is 0 Å². The lowest BCUT2D eigenvalue weighted by atomic mass is 10.3. The molecule has 0 aliphatic carbocycles. The SMILES string of the molecule is Cc1cc(Br)oc1C(=O)NNC(=O)COc1ccc(Br)cc1. The fraction of sp³-hybridized carbons (Fsp3) is 0.143. The molecule has 1 aromatic carbocycles. The molecule has 0 saturated heterocycles. The zero-order valence-corrected chi connectivity index (χ0v) is 14.7. The molecule has 22 heavy (non-hydrogen) atoms. The molecule has 0 radical (unpaired) electrons. The number of carbonyl (C=O) groups is 2. The van der Waals surface area contributed by atoms with E-state index in [1.165, 1.54) is 0 Å². The Morgan fingerprint density at radius 3 is 2.45 bits per heavy atom. The number of carbonyl (C=O) groups excluding carboxylic acids is 2. The number of hydrogen-bond acceptors (Lipinski definition) is 4. The van der Waals surface area contributed by atoms with Crippen LogP contribution < -0.4 is 15.6 Å². The van der Waals surface area contributed by atoms with Gasteiger partial charge in [0.1, 0.15) is 5.75 Å². The molecule has 2 aromatic rings. The molecule has 1 heterocycles. The quantitative estimate of drug-likeness (QED) is 0.729. The molecular formula is C14H12Br2N2O4. The Bertz CT molecular complexity index is 683. The van der Waals surface area contributed by atoms with Crippen LogP contribution in [0.5, 0.6) is 5.75 Å². The Morgan fingerprint density at radius 1 is 1.18 bits per heavy atom. The predicted octanol–water partition coefficient (Wildman–Crippen LogP) is 2.95. The molecule has 0 aliphatic heterocycles. The molecule has 0 atom stereocenters. The Balaban J connectivity index is 1.79. The number of furan rings is 1. The lowest BCUT2D eigenvalue weighted by Crippen LogP contribution is -2.43. The van der Waals surface area contributed by atoms with Crippen LogP contribution in [-0.4, -0.2) is 18.4 Å². The van der Waals surface area contributed by atoms with E-state index in [1.54, 1.807) is 37.3 Å². The molecule has 6 nitrogen and oxygen atoms in total. The Labute approximate surface area is 143 Å². The van der Waals surface area contributed by atoms with Gasteiger partial charge >= 0.3 is 5.91 Å². The highest BCUT2D eigenvalue weighted by atomic mass is 79.9. The van der Waals surface area contributed by atoms with Crippen molar-refractivity contribution in [3.8, 4) is 5.75 Å². The van der Waals surface area contributed by atoms with Gasteiger partial charge in [0.2, 0.25) is 0 Å². The van der Waals surface area contributed by atoms with Gasteiger partial charge in [0.15, 0.2) is 17.0 Å². The molecule has 0 fully saturated rings. The van der Waals surface area contributed by atoms with Crippen molar-refractivity contribution >= 4 is 43.7 Å². The first kappa shape index (κ1) is 16.6. The number of hydrazine groups is 1. The first-order valence-electron chi connectivity index (χ1n) is 6.19. The van der Waals surface area contributed by atoms with Crippen LogP contribution in [0.4, 0.5) is 0 Å². The zero-order valence-electron chi connectivity index (χ0n) is 11.5. The normalized spacial score (nSPS) is 10.1. The van der Waals surface area contributed by atoms with Crippen molar-refractivity contribution in [2.45, 2.75) is 6.92 Å². The van der Waals surface area contributed by atoms with Gasteiger partial charge in [0.25, 0.3) is 5.91 Å². The third kappa shape index (κ3) is 4.60. The molecule has 0 spiro atoms. The van der Waals surface area contributed by atoms with Crippen molar-refractivity contribution in [1.82, 2.24) is 10.9 Å². The van der Waals surface area contributed by atoms with Crippen molar-refractivity contribution < 1.29 is 18.7 Å². The molecular weight excluding hydrogens is 420 g/mol. The number of amides is 2. The Kier molecular flexibility index (Phi) is 5.62. The number of aryl methyl sites for hydroxylation is 1. The van der Waals surface area contributed by atoms with E-state index in [9.17, 15) is 9.59 Å². The highest BCUT2D eigenvalue weighted by Gasteiger charge is 2.15. The fourth-order valence-electron chi connectivity index (χ4n) is 1.57. The number of hydrogen-bond donors (Lipinski definition) is 2. The van der Waals surface area contributed by atoms with Crippen LogP contribution >= 0.6 is 31.9 Å². The topological polar surface area (TPSA) is 80.6 Å². The third-order valence-electron chi connectivity index (χ3n) is 2.59. The third-order valence-corrected chi connectivity index (χ3v) is 3.51. The molecule has 2 amide bonds. The van der Waals surface area contributed by atoms with E-state index in [1.807, 2.05) is 0 Å². The fourth-order valence-corrected chi connectivity index (χ4v) is 2.34. The van der Waals surface area contributed by atoms with E-state index in [4.69, 9.17) is 9.15 Å². The molecule has 0 saturated carbocycles. The summed E-state index contributed by atoms with van der Waals surface area (Å²) in [6, 6.07) is 8.70. The monoisotopic (exact) mass is 430 g/mol. The van der Waals surface area contributed by atoms with Gasteiger partial charge < -0.3 is 9.15 Å². The molecule has 0 aliphatic rings. The predicted molar refractivity (Wildman–Crippen MR) is 86.4 cm³/mol. The summed E-state index contributed by atoms with van der Waals surface area (Å²) in [5, 5.41) is 0. The second-order valence-electron chi connectivity index (χ2n) is 4.31. The summed E-state index contributed by atoms with van der Waals surface area (Å²) in [7, 11) is 0. The number of benzene rings is 1. The van der Waals surface area contributed by atoms with Crippen molar-refractivity contribution in [1.29, 1.82) is 0 Å². The average molecular weight is 432 g/mol. The average Bonchev–Trinajstić information content (AvgIpc) is 2.83. The van der Waals surface area contributed by atoms with E-state index in [-0.39, 0.29) is 12.4 Å².